The van der Waals surface area contributed by atoms with Crippen LogP contribution in [-0.2, 0) is 11.8 Å². The second-order valence-corrected chi connectivity index (χ2v) is 9.71. The van der Waals surface area contributed by atoms with E-state index >= 15 is 0 Å². The molecule has 1 amide bonds. The summed E-state index contributed by atoms with van der Waals surface area (Å²) in [5.74, 6) is 0.573. The van der Waals surface area contributed by atoms with Crippen LogP contribution in [0.2, 0.25) is 0 Å². The minimum absolute atomic E-state index is 0.00818. The smallest absolute Gasteiger partial charge is 0.270 e. The summed E-state index contributed by atoms with van der Waals surface area (Å²) >= 11 is 0. The summed E-state index contributed by atoms with van der Waals surface area (Å²) in [6.45, 7) is 8.33. The van der Waals surface area contributed by atoms with Crippen LogP contribution in [0.1, 0.15) is 55.9 Å². The molecule has 0 spiro atoms. The molecular formula is C28H32N4O2. The molecule has 6 nitrogen and oxygen atoms in total. The third-order valence-corrected chi connectivity index (χ3v) is 5.88. The maximum atomic E-state index is 13.4. The van der Waals surface area contributed by atoms with Crippen LogP contribution in [0.3, 0.4) is 0 Å². The topological polar surface area (TPSA) is 68.5 Å². The summed E-state index contributed by atoms with van der Waals surface area (Å²) in [7, 11) is 1.64. The summed E-state index contributed by atoms with van der Waals surface area (Å²) in [5, 5.41) is 7.90. The summed E-state index contributed by atoms with van der Waals surface area (Å²) in [4.78, 5) is 18.2. The van der Waals surface area contributed by atoms with Gasteiger partial charge in [-0.15, -0.1) is 0 Å². The first-order valence-corrected chi connectivity index (χ1v) is 11.6. The van der Waals surface area contributed by atoms with Crippen molar-refractivity contribution in [3.05, 3.63) is 83.7 Å². The molecule has 2 heterocycles. The SMILES string of the molecule is COc1cccc(-c2cc(C(=O)NC(C)CCc3ccccc3)n3nc(C(C)(C)C)cc3n2)c1. The number of benzene rings is 2. The molecule has 2 aromatic heterocycles. The Balaban J connectivity index is 1.67. The first-order valence-electron chi connectivity index (χ1n) is 11.6. The number of fused-ring (bicyclic) bond motifs is 1. The van der Waals surface area contributed by atoms with E-state index in [9.17, 15) is 4.79 Å². The number of carbonyl (C=O) groups is 1. The lowest BCUT2D eigenvalue weighted by atomic mass is 9.93. The van der Waals surface area contributed by atoms with Gasteiger partial charge in [-0.2, -0.15) is 5.10 Å². The van der Waals surface area contributed by atoms with Crippen molar-refractivity contribution in [2.45, 2.75) is 52.0 Å². The van der Waals surface area contributed by atoms with Gasteiger partial charge in [0.15, 0.2) is 5.65 Å². The molecule has 34 heavy (non-hydrogen) atoms. The Labute approximate surface area is 201 Å². The fraction of sp³-hybridized carbons (Fsp3) is 0.321. The van der Waals surface area contributed by atoms with E-state index in [1.807, 2.05) is 55.5 Å². The van der Waals surface area contributed by atoms with Gasteiger partial charge in [0, 0.05) is 23.1 Å². The molecule has 0 aliphatic rings. The zero-order valence-corrected chi connectivity index (χ0v) is 20.5. The minimum Gasteiger partial charge on any atom is -0.497 e. The van der Waals surface area contributed by atoms with Gasteiger partial charge in [0.1, 0.15) is 11.4 Å². The highest BCUT2D eigenvalue weighted by Gasteiger charge is 2.22. The van der Waals surface area contributed by atoms with Crippen LogP contribution in [0.5, 0.6) is 5.75 Å². The van der Waals surface area contributed by atoms with Gasteiger partial charge >= 0.3 is 0 Å². The van der Waals surface area contributed by atoms with E-state index in [-0.39, 0.29) is 17.4 Å². The van der Waals surface area contributed by atoms with Gasteiger partial charge in [-0.3, -0.25) is 4.79 Å². The Morgan fingerprint density at radius 1 is 1.06 bits per heavy atom. The molecule has 4 aromatic rings. The maximum absolute atomic E-state index is 13.4. The lowest BCUT2D eigenvalue weighted by molar-refractivity contribution is 0.0930. The summed E-state index contributed by atoms with van der Waals surface area (Å²) in [5.41, 5.74) is 4.67. The van der Waals surface area contributed by atoms with Crippen molar-refractivity contribution >= 4 is 11.6 Å². The summed E-state index contributed by atoms with van der Waals surface area (Å²) < 4.78 is 7.04. The summed E-state index contributed by atoms with van der Waals surface area (Å²) in [6.07, 6.45) is 1.75. The van der Waals surface area contributed by atoms with Crippen molar-refractivity contribution in [3.8, 4) is 17.0 Å². The summed E-state index contributed by atoms with van der Waals surface area (Å²) in [6, 6.07) is 21.8. The zero-order valence-electron chi connectivity index (χ0n) is 20.5. The molecular weight excluding hydrogens is 424 g/mol. The lowest BCUT2D eigenvalue weighted by Gasteiger charge is -2.16. The maximum Gasteiger partial charge on any atom is 0.270 e. The standard InChI is InChI=1S/C28H32N4O2/c1-19(14-15-20-10-7-6-8-11-20)29-27(33)24-17-23(21-12-9-13-22(16-21)34-5)30-26-18-25(28(2,3)4)31-32(24)26/h6-13,16-19H,14-15H2,1-5H3,(H,29,33). The van der Waals surface area contributed by atoms with Crippen LogP contribution in [0.15, 0.2) is 66.7 Å². The van der Waals surface area contributed by atoms with Crippen LogP contribution >= 0.6 is 0 Å². The number of hydrogen-bond donors (Lipinski definition) is 1. The van der Waals surface area contributed by atoms with E-state index in [4.69, 9.17) is 14.8 Å². The molecule has 0 saturated carbocycles. The van der Waals surface area contributed by atoms with Gasteiger partial charge in [0.05, 0.1) is 18.5 Å². The molecule has 0 saturated heterocycles. The Hall–Kier alpha value is -3.67. The molecule has 176 valence electrons. The molecule has 0 aliphatic carbocycles. The van der Waals surface area contributed by atoms with E-state index < -0.39 is 0 Å². The fourth-order valence-corrected chi connectivity index (χ4v) is 3.83. The van der Waals surface area contributed by atoms with Crippen molar-refractivity contribution in [1.82, 2.24) is 19.9 Å². The predicted molar refractivity (Wildman–Crippen MR) is 135 cm³/mol. The molecule has 1 unspecified atom stereocenters. The molecule has 2 aromatic carbocycles. The minimum atomic E-state index is -0.166. The Morgan fingerprint density at radius 2 is 1.82 bits per heavy atom. The quantitative estimate of drug-likeness (QED) is 0.401. The van der Waals surface area contributed by atoms with Crippen molar-refractivity contribution < 1.29 is 9.53 Å². The van der Waals surface area contributed by atoms with Gasteiger partial charge < -0.3 is 10.1 Å². The van der Waals surface area contributed by atoms with E-state index in [0.29, 0.717) is 17.0 Å². The average molecular weight is 457 g/mol. The molecule has 0 bridgehead atoms. The monoisotopic (exact) mass is 456 g/mol. The number of rotatable bonds is 7. The van der Waals surface area contributed by atoms with Crippen LogP contribution in [0.4, 0.5) is 0 Å². The van der Waals surface area contributed by atoms with Crippen LogP contribution < -0.4 is 10.1 Å². The van der Waals surface area contributed by atoms with Crippen LogP contribution in [0, 0.1) is 0 Å². The Kier molecular flexibility index (Phi) is 6.68. The Bertz CT molecular complexity index is 1290. The van der Waals surface area contributed by atoms with Crippen LogP contribution in [-0.4, -0.2) is 33.7 Å². The highest BCUT2D eigenvalue weighted by Crippen LogP contribution is 2.27. The molecule has 0 radical (unpaired) electrons. The zero-order chi connectivity index (χ0) is 24.3. The molecule has 1 N–H and O–H groups in total. The molecule has 6 heteroatoms. The largest absolute Gasteiger partial charge is 0.497 e. The number of nitrogens with zero attached hydrogens (tertiary/aromatic N) is 3. The van der Waals surface area contributed by atoms with E-state index in [0.717, 1.165) is 29.8 Å². The normalized spacial score (nSPS) is 12.5. The van der Waals surface area contributed by atoms with Crippen molar-refractivity contribution in [2.24, 2.45) is 0 Å². The van der Waals surface area contributed by atoms with Crippen molar-refractivity contribution in [2.75, 3.05) is 7.11 Å². The number of hydrogen-bond acceptors (Lipinski definition) is 4. The number of amides is 1. The van der Waals surface area contributed by atoms with Crippen molar-refractivity contribution in [1.29, 1.82) is 0 Å². The first kappa shape index (κ1) is 23.5. The highest BCUT2D eigenvalue weighted by atomic mass is 16.5. The highest BCUT2D eigenvalue weighted by molar-refractivity contribution is 5.94. The molecule has 1 atom stereocenters. The second kappa shape index (κ2) is 9.67. The first-order chi connectivity index (χ1) is 16.2. The van der Waals surface area contributed by atoms with Gasteiger partial charge in [-0.05, 0) is 43.5 Å². The molecule has 0 aliphatic heterocycles. The predicted octanol–water partition coefficient (Wildman–Crippen LogP) is 5.45. The van der Waals surface area contributed by atoms with Crippen molar-refractivity contribution in [3.63, 3.8) is 0 Å². The van der Waals surface area contributed by atoms with Gasteiger partial charge in [-0.1, -0.05) is 63.2 Å². The van der Waals surface area contributed by atoms with E-state index in [2.05, 4.69) is 38.2 Å². The molecule has 0 fully saturated rings. The lowest BCUT2D eigenvalue weighted by Crippen LogP contribution is -2.34. The van der Waals surface area contributed by atoms with Crippen LogP contribution in [0.25, 0.3) is 16.9 Å². The average Bonchev–Trinajstić information content (AvgIpc) is 3.28. The second-order valence-electron chi connectivity index (χ2n) is 9.71. The van der Waals surface area contributed by atoms with Gasteiger partial charge in [-0.25, -0.2) is 9.50 Å². The van der Waals surface area contributed by atoms with Gasteiger partial charge in [0.25, 0.3) is 5.91 Å². The van der Waals surface area contributed by atoms with E-state index in [1.54, 1.807) is 17.7 Å². The fourth-order valence-electron chi connectivity index (χ4n) is 3.83. The Morgan fingerprint density at radius 3 is 2.53 bits per heavy atom. The molecule has 4 rings (SSSR count). The number of carbonyl (C=O) groups excluding carboxylic acids is 1. The number of aryl methyl sites for hydroxylation is 1. The number of methoxy groups -OCH3 is 1. The van der Waals surface area contributed by atoms with Gasteiger partial charge in [0.2, 0.25) is 0 Å². The van der Waals surface area contributed by atoms with E-state index in [1.165, 1.54) is 5.56 Å². The number of ether oxygens (including phenoxy) is 1. The third kappa shape index (κ3) is 5.28. The number of nitrogens with one attached hydrogen (secondary N) is 1. The number of aromatic nitrogens is 3. The third-order valence-electron chi connectivity index (χ3n) is 5.88.